The molecule has 1 saturated carbocycles. The van der Waals surface area contributed by atoms with Crippen LogP contribution < -0.4 is 0 Å². The van der Waals surface area contributed by atoms with Gasteiger partial charge in [0.05, 0.1) is 17.3 Å². The molecule has 0 spiro atoms. The Hall–Kier alpha value is -4.58. The first kappa shape index (κ1) is 26.3. The van der Waals surface area contributed by atoms with Gasteiger partial charge in [-0.2, -0.15) is 0 Å². The quantitative estimate of drug-likeness (QED) is 0.355. The summed E-state index contributed by atoms with van der Waals surface area (Å²) in [4.78, 5) is 57.5. The third-order valence-corrected chi connectivity index (χ3v) is 10.2. The number of benzene rings is 3. The molecule has 6 heteroatoms. The second-order valence-electron chi connectivity index (χ2n) is 12.0. The maximum absolute atomic E-state index is 14.9. The van der Waals surface area contributed by atoms with Gasteiger partial charge in [0.15, 0.2) is 11.6 Å². The summed E-state index contributed by atoms with van der Waals surface area (Å²) >= 11 is 0. The van der Waals surface area contributed by atoms with Crippen molar-refractivity contribution >= 4 is 29.0 Å². The number of carbonyl (C=O) groups is 4. The molecule has 42 heavy (non-hydrogen) atoms. The van der Waals surface area contributed by atoms with E-state index in [0.717, 1.165) is 5.57 Å². The summed E-state index contributed by atoms with van der Waals surface area (Å²) in [6.07, 6.45) is 4.13. The molecular formula is C36H31NO5. The molecule has 1 saturated heterocycles. The highest BCUT2D eigenvalue weighted by Crippen LogP contribution is 2.64. The van der Waals surface area contributed by atoms with Crippen LogP contribution in [0, 0.1) is 30.6 Å². The Morgan fingerprint density at radius 2 is 1.52 bits per heavy atom. The number of aromatic hydroxyl groups is 1. The Labute approximate surface area is 244 Å². The number of aryl methyl sites for hydroxylation is 1. The van der Waals surface area contributed by atoms with Crippen LogP contribution in [0.4, 0.5) is 0 Å². The number of Topliss-reactive ketones (excluding diaryl/α,β-unsaturated/α-hetero) is 1. The number of phenolic OH excluding ortho intramolecular Hbond substituents is 1. The molecule has 1 N–H and O–H groups in total. The van der Waals surface area contributed by atoms with E-state index in [2.05, 4.69) is 0 Å². The van der Waals surface area contributed by atoms with Crippen molar-refractivity contribution in [1.82, 2.24) is 4.90 Å². The van der Waals surface area contributed by atoms with E-state index in [1.165, 1.54) is 18.0 Å². The molecule has 3 aromatic rings. The lowest BCUT2D eigenvalue weighted by atomic mass is 9.44. The molecular weight excluding hydrogens is 526 g/mol. The molecule has 7 rings (SSSR count). The molecule has 3 aromatic carbocycles. The topological polar surface area (TPSA) is 91.8 Å². The van der Waals surface area contributed by atoms with Crippen LogP contribution in [0.25, 0.3) is 5.57 Å². The Kier molecular flexibility index (Phi) is 5.94. The number of para-hydroxylation sites is 1. The van der Waals surface area contributed by atoms with Gasteiger partial charge in [0.1, 0.15) is 5.75 Å². The average Bonchev–Trinajstić information content (AvgIpc) is 3.24. The summed E-state index contributed by atoms with van der Waals surface area (Å²) < 4.78 is 0. The first-order valence-corrected chi connectivity index (χ1v) is 14.5. The number of imide groups is 1. The minimum atomic E-state index is -1.34. The van der Waals surface area contributed by atoms with Crippen molar-refractivity contribution in [2.45, 2.75) is 31.1 Å². The van der Waals surface area contributed by atoms with Crippen molar-refractivity contribution in [2.75, 3.05) is 7.05 Å². The van der Waals surface area contributed by atoms with Crippen LogP contribution in [0.2, 0.25) is 0 Å². The van der Waals surface area contributed by atoms with Crippen molar-refractivity contribution in [2.24, 2.45) is 23.7 Å². The second kappa shape index (κ2) is 9.48. The van der Waals surface area contributed by atoms with Crippen LogP contribution in [-0.2, 0) is 24.6 Å². The minimum Gasteiger partial charge on any atom is -0.507 e. The predicted molar refractivity (Wildman–Crippen MR) is 157 cm³/mol. The van der Waals surface area contributed by atoms with E-state index in [-0.39, 0.29) is 35.6 Å². The molecule has 0 aromatic heterocycles. The molecule has 6 atom stereocenters. The third-order valence-electron chi connectivity index (χ3n) is 10.2. The lowest BCUT2D eigenvalue weighted by Gasteiger charge is -2.55. The Balaban J connectivity index is 1.54. The van der Waals surface area contributed by atoms with Crippen molar-refractivity contribution in [3.63, 3.8) is 0 Å². The third kappa shape index (κ3) is 3.44. The molecule has 2 amide bonds. The summed E-state index contributed by atoms with van der Waals surface area (Å²) in [7, 11) is 1.52. The number of nitrogens with zero attached hydrogens (tertiary/aromatic N) is 1. The van der Waals surface area contributed by atoms with E-state index in [4.69, 9.17) is 0 Å². The van der Waals surface area contributed by atoms with Crippen LogP contribution in [-0.4, -0.2) is 40.4 Å². The van der Waals surface area contributed by atoms with Gasteiger partial charge in [-0.15, -0.1) is 0 Å². The standard InChI is InChI=1S/C36H31NO5/c1-20-10-9-15-25(32(20)39)31-23-16-17-24-30(35(42)37(2)34(24)41)27(23)18-28-33(40)26(21-11-5-3-6-12-21)19-29(38)36(28,31)22-13-7-4-8-14-22/h3-16,19,24,27-28,30-31,39H,17-18H2,1-2H3. The minimum absolute atomic E-state index is 0.0734. The number of fused-ring (bicyclic) bond motifs is 4. The zero-order chi connectivity index (χ0) is 29.3. The second-order valence-corrected chi connectivity index (χ2v) is 12.0. The van der Waals surface area contributed by atoms with E-state index >= 15 is 0 Å². The normalized spacial score (nSPS) is 30.3. The number of hydrogen-bond donors (Lipinski definition) is 1. The van der Waals surface area contributed by atoms with Gasteiger partial charge in [0, 0.05) is 30.0 Å². The molecule has 210 valence electrons. The van der Waals surface area contributed by atoms with Gasteiger partial charge in [-0.3, -0.25) is 24.1 Å². The Bertz CT molecular complexity index is 1720. The molecule has 2 fully saturated rings. The number of amides is 2. The highest BCUT2D eigenvalue weighted by atomic mass is 16.3. The molecule has 4 aliphatic rings. The number of phenols is 1. The molecule has 1 heterocycles. The summed E-state index contributed by atoms with van der Waals surface area (Å²) in [6.45, 7) is 1.81. The van der Waals surface area contributed by atoms with Crippen molar-refractivity contribution in [1.29, 1.82) is 0 Å². The zero-order valence-electron chi connectivity index (χ0n) is 23.5. The molecule has 3 aliphatic carbocycles. The summed E-state index contributed by atoms with van der Waals surface area (Å²) in [5.41, 5.74) is 2.46. The van der Waals surface area contributed by atoms with Crippen LogP contribution in [0.1, 0.15) is 41.0 Å². The van der Waals surface area contributed by atoms with Gasteiger partial charge >= 0.3 is 0 Å². The van der Waals surface area contributed by atoms with E-state index in [9.17, 15) is 24.3 Å². The highest BCUT2D eigenvalue weighted by Gasteiger charge is 2.66. The Morgan fingerprint density at radius 1 is 0.833 bits per heavy atom. The number of ketones is 2. The number of hydrogen-bond acceptors (Lipinski definition) is 5. The lowest BCUT2D eigenvalue weighted by Crippen LogP contribution is -2.58. The van der Waals surface area contributed by atoms with Gasteiger partial charge in [0.2, 0.25) is 11.8 Å². The largest absolute Gasteiger partial charge is 0.507 e. The van der Waals surface area contributed by atoms with Crippen LogP contribution >= 0.6 is 0 Å². The van der Waals surface area contributed by atoms with E-state index in [1.807, 2.05) is 91.9 Å². The zero-order valence-corrected chi connectivity index (χ0v) is 23.5. The summed E-state index contributed by atoms with van der Waals surface area (Å²) in [6, 6.07) is 24.1. The monoisotopic (exact) mass is 557 g/mol. The number of likely N-dealkylation sites (tertiary alicyclic amines) is 1. The molecule has 6 nitrogen and oxygen atoms in total. The first-order valence-electron chi connectivity index (χ1n) is 14.5. The fourth-order valence-electron chi connectivity index (χ4n) is 8.29. The van der Waals surface area contributed by atoms with E-state index < -0.39 is 35.0 Å². The maximum Gasteiger partial charge on any atom is 0.233 e. The van der Waals surface area contributed by atoms with Crippen LogP contribution in [0.15, 0.2) is 96.6 Å². The van der Waals surface area contributed by atoms with Crippen LogP contribution in [0.5, 0.6) is 5.75 Å². The van der Waals surface area contributed by atoms with E-state index in [1.54, 1.807) is 0 Å². The van der Waals surface area contributed by atoms with Crippen molar-refractivity contribution < 1.29 is 24.3 Å². The fraction of sp³-hybridized carbons (Fsp3) is 0.278. The number of rotatable bonds is 3. The fourth-order valence-corrected chi connectivity index (χ4v) is 8.29. The van der Waals surface area contributed by atoms with Gasteiger partial charge < -0.3 is 5.11 Å². The SMILES string of the molecule is Cc1cccc(C2C3=CCC4C(=O)N(C)C(=O)C4C3CC3C(=O)C(c4ccccc4)=CC(=O)C32c2ccccc2)c1O. The van der Waals surface area contributed by atoms with Crippen molar-refractivity contribution in [3.05, 3.63) is 119 Å². The molecule has 0 radical (unpaired) electrons. The number of carbonyl (C=O) groups excluding carboxylic acids is 4. The predicted octanol–water partition coefficient (Wildman–Crippen LogP) is 5.15. The summed E-state index contributed by atoms with van der Waals surface area (Å²) in [5, 5.41) is 11.5. The molecule has 1 aliphatic heterocycles. The Morgan fingerprint density at radius 3 is 2.24 bits per heavy atom. The maximum atomic E-state index is 14.9. The van der Waals surface area contributed by atoms with Crippen molar-refractivity contribution in [3.8, 4) is 5.75 Å². The molecule has 6 unspecified atom stereocenters. The van der Waals surface area contributed by atoms with Gasteiger partial charge in [-0.05, 0) is 48.4 Å². The van der Waals surface area contributed by atoms with E-state index in [0.29, 0.717) is 34.2 Å². The van der Waals surface area contributed by atoms with Crippen LogP contribution in [0.3, 0.4) is 0 Å². The first-order chi connectivity index (χ1) is 20.3. The highest BCUT2D eigenvalue weighted by molar-refractivity contribution is 6.31. The molecule has 0 bridgehead atoms. The summed E-state index contributed by atoms with van der Waals surface area (Å²) in [5.74, 6) is -3.78. The smallest absolute Gasteiger partial charge is 0.233 e. The van der Waals surface area contributed by atoms with Gasteiger partial charge in [-0.25, -0.2) is 0 Å². The van der Waals surface area contributed by atoms with Gasteiger partial charge in [0.25, 0.3) is 0 Å². The lowest BCUT2D eigenvalue weighted by molar-refractivity contribution is -0.139. The van der Waals surface area contributed by atoms with Gasteiger partial charge in [-0.1, -0.05) is 90.5 Å². The average molecular weight is 558 g/mol. The number of allylic oxidation sites excluding steroid dienone is 4.